The predicted molar refractivity (Wildman–Crippen MR) is 85.1 cm³/mol. The molecule has 4 heteroatoms. The van der Waals surface area contributed by atoms with Crippen molar-refractivity contribution >= 4 is 5.91 Å². The first-order valence-electron chi connectivity index (χ1n) is 8.48. The molecular weight excluding hydrogens is 262 g/mol. The van der Waals surface area contributed by atoms with Crippen LogP contribution in [0.4, 0.5) is 0 Å². The molecule has 3 saturated heterocycles. The molecule has 0 aliphatic carbocycles. The van der Waals surface area contributed by atoms with E-state index in [1.54, 1.807) is 0 Å². The van der Waals surface area contributed by atoms with Crippen LogP contribution >= 0.6 is 0 Å². The minimum Gasteiger partial charge on any atom is -0.354 e. The van der Waals surface area contributed by atoms with Gasteiger partial charge in [-0.15, -0.1) is 0 Å². The van der Waals surface area contributed by atoms with Crippen LogP contribution in [0.1, 0.15) is 47.0 Å². The van der Waals surface area contributed by atoms with Gasteiger partial charge in [-0.25, -0.2) is 0 Å². The van der Waals surface area contributed by atoms with Gasteiger partial charge in [-0.3, -0.25) is 14.6 Å². The largest absolute Gasteiger partial charge is 0.354 e. The standard InChI is InChI=1S/C17H31N3O/c1-11(2)9-16(4)10-13-14(20(16)6)12(3)17(19(13)5)7-8-18-15(17)21/h11-14H,7-10H2,1-6H3,(H,18,21)/t12-,13-,14-,16-,17+/m0/s1. The quantitative estimate of drug-likeness (QED) is 0.842. The Hall–Kier alpha value is -0.610. The number of fused-ring (bicyclic) bond motifs is 1. The molecule has 5 atom stereocenters. The molecule has 3 fully saturated rings. The molecule has 1 amide bonds. The van der Waals surface area contributed by atoms with Gasteiger partial charge in [0.25, 0.3) is 0 Å². The Morgan fingerprint density at radius 1 is 1.33 bits per heavy atom. The van der Waals surface area contributed by atoms with E-state index in [1.165, 1.54) is 12.8 Å². The maximum Gasteiger partial charge on any atom is 0.240 e. The number of nitrogens with one attached hydrogen (secondary N) is 1. The first kappa shape index (κ1) is 15.3. The van der Waals surface area contributed by atoms with Gasteiger partial charge in [0.2, 0.25) is 5.91 Å². The van der Waals surface area contributed by atoms with Crippen molar-refractivity contribution in [3.63, 3.8) is 0 Å². The summed E-state index contributed by atoms with van der Waals surface area (Å²) >= 11 is 0. The summed E-state index contributed by atoms with van der Waals surface area (Å²) < 4.78 is 0. The van der Waals surface area contributed by atoms with Gasteiger partial charge in [0, 0.05) is 30.1 Å². The molecule has 3 aliphatic rings. The monoisotopic (exact) mass is 293 g/mol. The number of carbonyl (C=O) groups excluding carboxylic acids is 1. The smallest absolute Gasteiger partial charge is 0.240 e. The zero-order chi connectivity index (χ0) is 15.6. The molecule has 0 unspecified atom stereocenters. The van der Waals surface area contributed by atoms with E-state index in [-0.39, 0.29) is 17.0 Å². The Bertz CT molecular complexity index is 451. The van der Waals surface area contributed by atoms with Gasteiger partial charge in [-0.1, -0.05) is 20.8 Å². The molecule has 1 N–H and O–H groups in total. The van der Waals surface area contributed by atoms with Crippen molar-refractivity contribution in [1.29, 1.82) is 0 Å². The van der Waals surface area contributed by atoms with Gasteiger partial charge in [0.15, 0.2) is 0 Å². The average Bonchev–Trinajstić information content (AvgIpc) is 2.94. The Kier molecular flexibility index (Phi) is 3.42. The Labute approximate surface area is 129 Å². The third kappa shape index (κ3) is 1.84. The van der Waals surface area contributed by atoms with E-state index in [1.807, 2.05) is 0 Å². The maximum absolute atomic E-state index is 12.5. The van der Waals surface area contributed by atoms with E-state index in [0.29, 0.717) is 23.9 Å². The van der Waals surface area contributed by atoms with Crippen LogP contribution in [0.3, 0.4) is 0 Å². The Morgan fingerprint density at radius 3 is 2.48 bits per heavy atom. The highest BCUT2D eigenvalue weighted by molar-refractivity contribution is 5.89. The summed E-state index contributed by atoms with van der Waals surface area (Å²) in [5, 5.41) is 3.07. The van der Waals surface area contributed by atoms with E-state index in [9.17, 15) is 4.79 Å². The van der Waals surface area contributed by atoms with Gasteiger partial charge in [0.05, 0.1) is 0 Å². The maximum atomic E-state index is 12.5. The SMILES string of the molecule is CC(C)C[C@@]1(C)C[C@H]2[C@H]([C@H](C)[C@@]3(CCNC3=O)N2C)N1C. The summed E-state index contributed by atoms with van der Waals surface area (Å²) in [6.07, 6.45) is 3.38. The number of hydrogen-bond acceptors (Lipinski definition) is 3. The van der Waals surface area contributed by atoms with Crippen molar-refractivity contribution in [3.8, 4) is 0 Å². The molecule has 0 aromatic carbocycles. The second-order valence-corrected chi connectivity index (χ2v) is 8.30. The topological polar surface area (TPSA) is 35.6 Å². The summed E-state index contributed by atoms with van der Waals surface area (Å²) in [5.41, 5.74) is 0.00542. The molecule has 1 spiro atoms. The van der Waals surface area contributed by atoms with Crippen molar-refractivity contribution < 1.29 is 4.79 Å². The minimum atomic E-state index is -0.261. The van der Waals surface area contributed by atoms with Crippen LogP contribution < -0.4 is 5.32 Å². The number of likely N-dealkylation sites (N-methyl/N-ethyl adjacent to an activating group) is 2. The zero-order valence-electron chi connectivity index (χ0n) is 14.4. The minimum absolute atomic E-state index is 0.255. The normalized spacial score (nSPS) is 47.6. The molecule has 3 heterocycles. The van der Waals surface area contributed by atoms with Crippen molar-refractivity contribution in [2.75, 3.05) is 20.6 Å². The summed E-state index contributed by atoms with van der Waals surface area (Å²) in [6, 6.07) is 1.01. The number of carbonyl (C=O) groups is 1. The van der Waals surface area contributed by atoms with Crippen LogP contribution in [-0.2, 0) is 4.79 Å². The van der Waals surface area contributed by atoms with Gasteiger partial charge in [0.1, 0.15) is 5.54 Å². The van der Waals surface area contributed by atoms with E-state index in [0.717, 1.165) is 13.0 Å². The third-order valence-corrected chi connectivity index (χ3v) is 6.77. The van der Waals surface area contributed by atoms with Crippen molar-refractivity contribution in [1.82, 2.24) is 15.1 Å². The number of nitrogens with zero attached hydrogens (tertiary/aromatic N) is 2. The van der Waals surface area contributed by atoms with E-state index in [4.69, 9.17) is 0 Å². The van der Waals surface area contributed by atoms with E-state index < -0.39 is 0 Å². The summed E-state index contributed by atoms with van der Waals surface area (Å²) in [4.78, 5) is 17.5. The lowest BCUT2D eigenvalue weighted by Gasteiger charge is -2.42. The molecule has 0 aromatic heterocycles. The summed E-state index contributed by atoms with van der Waals surface area (Å²) in [7, 11) is 4.46. The van der Waals surface area contributed by atoms with Crippen molar-refractivity contribution in [2.45, 2.75) is 70.1 Å². The van der Waals surface area contributed by atoms with Gasteiger partial charge >= 0.3 is 0 Å². The molecule has 21 heavy (non-hydrogen) atoms. The number of hydrogen-bond donors (Lipinski definition) is 1. The molecule has 0 radical (unpaired) electrons. The Morgan fingerprint density at radius 2 is 2.00 bits per heavy atom. The fraction of sp³-hybridized carbons (Fsp3) is 0.941. The van der Waals surface area contributed by atoms with Crippen LogP contribution in [0.2, 0.25) is 0 Å². The van der Waals surface area contributed by atoms with Crippen LogP contribution in [0, 0.1) is 11.8 Å². The van der Waals surface area contributed by atoms with E-state index >= 15 is 0 Å². The fourth-order valence-corrected chi connectivity index (χ4v) is 5.78. The highest BCUT2D eigenvalue weighted by Crippen LogP contribution is 2.52. The number of likely N-dealkylation sites (tertiary alicyclic amines) is 2. The molecule has 4 nitrogen and oxygen atoms in total. The fourth-order valence-electron chi connectivity index (χ4n) is 5.78. The van der Waals surface area contributed by atoms with Crippen LogP contribution in [0.25, 0.3) is 0 Å². The van der Waals surface area contributed by atoms with Crippen LogP contribution in [-0.4, -0.2) is 59.5 Å². The first-order chi connectivity index (χ1) is 9.74. The van der Waals surface area contributed by atoms with Gasteiger partial charge in [-0.05, 0) is 46.2 Å². The van der Waals surface area contributed by atoms with Crippen molar-refractivity contribution in [3.05, 3.63) is 0 Å². The Balaban J connectivity index is 1.91. The zero-order valence-corrected chi connectivity index (χ0v) is 14.4. The number of rotatable bonds is 2. The van der Waals surface area contributed by atoms with Crippen LogP contribution in [0.5, 0.6) is 0 Å². The molecule has 3 rings (SSSR count). The summed E-state index contributed by atoms with van der Waals surface area (Å²) in [6.45, 7) is 10.2. The lowest BCUT2D eigenvalue weighted by Crippen LogP contribution is -2.55. The molecule has 0 bridgehead atoms. The second-order valence-electron chi connectivity index (χ2n) is 8.30. The lowest BCUT2D eigenvalue weighted by molar-refractivity contribution is -0.130. The average molecular weight is 293 g/mol. The third-order valence-electron chi connectivity index (χ3n) is 6.77. The van der Waals surface area contributed by atoms with E-state index in [2.05, 4.69) is 56.9 Å². The highest BCUT2D eigenvalue weighted by atomic mass is 16.2. The first-order valence-corrected chi connectivity index (χ1v) is 8.48. The number of amides is 1. The molecular formula is C17H31N3O. The van der Waals surface area contributed by atoms with Crippen LogP contribution in [0.15, 0.2) is 0 Å². The molecule has 3 aliphatic heterocycles. The van der Waals surface area contributed by atoms with Crippen molar-refractivity contribution in [2.24, 2.45) is 11.8 Å². The predicted octanol–water partition coefficient (Wildman–Crippen LogP) is 1.70. The molecule has 0 saturated carbocycles. The molecule has 0 aromatic rings. The second kappa shape index (κ2) is 4.69. The molecule has 120 valence electrons. The van der Waals surface area contributed by atoms with Gasteiger partial charge < -0.3 is 5.32 Å². The lowest BCUT2D eigenvalue weighted by atomic mass is 9.81. The highest BCUT2D eigenvalue weighted by Gasteiger charge is 2.66. The summed E-state index contributed by atoms with van der Waals surface area (Å²) in [5.74, 6) is 1.36. The van der Waals surface area contributed by atoms with Gasteiger partial charge in [-0.2, -0.15) is 0 Å².